The van der Waals surface area contributed by atoms with Crippen molar-refractivity contribution in [1.82, 2.24) is 20.1 Å². The van der Waals surface area contributed by atoms with Crippen LogP contribution in [-0.2, 0) is 9.59 Å². The second-order valence-corrected chi connectivity index (χ2v) is 12.2. The molecule has 2 N–H and O–H groups in total. The fraction of sp³-hybridized carbons (Fsp3) is 0.581. The van der Waals surface area contributed by atoms with Gasteiger partial charge in [-0.05, 0) is 63.0 Å². The maximum atomic E-state index is 15.0. The molecular weight excluding hydrogens is 586 g/mol. The molecule has 242 valence electrons. The highest BCUT2D eigenvalue weighted by Gasteiger charge is 2.50. The van der Waals surface area contributed by atoms with E-state index in [1.807, 2.05) is 23.9 Å². The highest BCUT2D eigenvalue weighted by atomic mass is 19.3. The van der Waals surface area contributed by atoms with Crippen LogP contribution in [0.4, 0.5) is 31.9 Å². The monoisotopic (exact) mass is 627 g/mol. The summed E-state index contributed by atoms with van der Waals surface area (Å²) in [5, 5.41) is 6.13. The Hall–Kier alpha value is -4.25. The summed E-state index contributed by atoms with van der Waals surface area (Å²) in [4.78, 5) is 52.9. The Morgan fingerprint density at radius 1 is 1.16 bits per heavy atom. The van der Waals surface area contributed by atoms with Gasteiger partial charge in [-0.1, -0.05) is 19.3 Å². The van der Waals surface area contributed by atoms with Gasteiger partial charge < -0.3 is 24.8 Å². The van der Waals surface area contributed by atoms with E-state index in [-0.39, 0.29) is 41.4 Å². The van der Waals surface area contributed by atoms with Crippen LogP contribution in [0, 0.1) is 6.20 Å². The quantitative estimate of drug-likeness (QED) is 0.454. The topological polar surface area (TPSA) is 124 Å². The van der Waals surface area contributed by atoms with E-state index in [9.17, 15) is 23.2 Å². The summed E-state index contributed by atoms with van der Waals surface area (Å²) in [6.07, 6.45) is 8.42. The van der Waals surface area contributed by atoms with E-state index >= 15 is 0 Å². The molecule has 5 rings (SSSR count). The number of rotatable bonds is 8. The first kappa shape index (κ1) is 32.2. The number of carbonyl (C=O) groups is 3. The molecule has 1 saturated heterocycles. The van der Waals surface area contributed by atoms with Crippen LogP contribution in [0.3, 0.4) is 0 Å². The zero-order chi connectivity index (χ0) is 32.3. The number of halogens is 2. The molecule has 3 amide bonds. The molecule has 0 radical (unpaired) electrons. The number of carbonyl (C=O) groups excluding carboxylic acids is 3. The van der Waals surface area contributed by atoms with E-state index in [4.69, 9.17) is 4.74 Å². The molecule has 1 aromatic heterocycles. The highest BCUT2D eigenvalue weighted by molar-refractivity contribution is 6.01. The Labute approximate surface area is 262 Å². The Morgan fingerprint density at radius 3 is 2.53 bits per heavy atom. The van der Waals surface area contributed by atoms with Crippen molar-refractivity contribution >= 4 is 40.9 Å². The number of alkyl halides is 2. The van der Waals surface area contributed by atoms with Gasteiger partial charge in [-0.2, -0.15) is 13.8 Å². The SMILES string of the molecule is COc1cc(C(=O)NC2CCN(C(=O)CN(C)C)CC2)ccc1Nc1nc2c(c#[n+]1)N(C)C(=O)C(F)(F)CN2C1CCCCC1. The second kappa shape index (κ2) is 13.4. The maximum Gasteiger partial charge on any atom is 0.496 e. The molecule has 2 fully saturated rings. The molecule has 45 heavy (non-hydrogen) atoms. The van der Waals surface area contributed by atoms with Crippen LogP contribution in [0.25, 0.3) is 0 Å². The van der Waals surface area contributed by atoms with Gasteiger partial charge in [0.15, 0.2) is 17.6 Å². The summed E-state index contributed by atoms with van der Waals surface area (Å²) in [6.45, 7) is 0.760. The first-order chi connectivity index (χ1) is 21.5. The molecule has 0 spiro atoms. The largest absolute Gasteiger partial charge is 0.496 e. The molecule has 2 aliphatic heterocycles. The number of amides is 3. The van der Waals surface area contributed by atoms with Gasteiger partial charge in [0.05, 0.1) is 20.2 Å². The summed E-state index contributed by atoms with van der Waals surface area (Å²) in [7, 11) is 6.47. The molecule has 0 bridgehead atoms. The number of fused-ring (bicyclic) bond motifs is 1. The van der Waals surface area contributed by atoms with Crippen molar-refractivity contribution in [3.8, 4) is 5.75 Å². The fourth-order valence-electron chi connectivity index (χ4n) is 6.18. The van der Waals surface area contributed by atoms with Crippen LogP contribution in [0.2, 0.25) is 0 Å². The number of hydrogen-bond donors (Lipinski definition) is 2. The van der Waals surface area contributed by atoms with E-state index < -0.39 is 18.4 Å². The minimum atomic E-state index is -3.59. The highest BCUT2D eigenvalue weighted by Crippen LogP contribution is 2.38. The minimum Gasteiger partial charge on any atom is -0.493 e. The lowest BCUT2D eigenvalue weighted by Crippen LogP contribution is -2.49. The van der Waals surface area contributed by atoms with Crippen LogP contribution in [-0.4, -0.2) is 105 Å². The summed E-state index contributed by atoms with van der Waals surface area (Å²) in [5.41, 5.74) is 0.951. The van der Waals surface area contributed by atoms with Crippen molar-refractivity contribution in [2.24, 2.45) is 0 Å². The number of likely N-dealkylation sites (tertiary alicyclic amines) is 1. The van der Waals surface area contributed by atoms with Crippen molar-refractivity contribution in [2.45, 2.75) is 63.0 Å². The van der Waals surface area contributed by atoms with Gasteiger partial charge in [0.1, 0.15) is 5.69 Å². The lowest BCUT2D eigenvalue weighted by Gasteiger charge is -2.34. The van der Waals surface area contributed by atoms with Gasteiger partial charge >= 0.3 is 11.9 Å². The molecular formula is C31H41F2N8O4+. The van der Waals surface area contributed by atoms with E-state index in [0.29, 0.717) is 49.5 Å². The molecule has 3 heterocycles. The van der Waals surface area contributed by atoms with Crippen LogP contribution >= 0.6 is 0 Å². The van der Waals surface area contributed by atoms with Gasteiger partial charge in [0, 0.05) is 37.8 Å². The lowest BCUT2D eigenvalue weighted by molar-refractivity contribution is -0.279. The first-order valence-electron chi connectivity index (χ1n) is 15.4. The van der Waals surface area contributed by atoms with Crippen molar-refractivity contribution in [1.29, 1.82) is 0 Å². The number of nitrogens with one attached hydrogen (secondary N) is 2. The van der Waals surface area contributed by atoms with Gasteiger partial charge in [-0.25, -0.2) is 5.32 Å². The molecule has 1 aromatic carbocycles. The van der Waals surface area contributed by atoms with E-state index in [1.54, 1.807) is 18.2 Å². The summed E-state index contributed by atoms with van der Waals surface area (Å²) < 4.78 is 35.5. The molecule has 14 heteroatoms. The number of hydrogen-bond acceptors (Lipinski definition) is 8. The Kier molecular flexibility index (Phi) is 9.57. The Balaban J connectivity index is 1.30. The van der Waals surface area contributed by atoms with Gasteiger partial charge in [-0.15, -0.1) is 0 Å². The number of nitrogens with zero attached hydrogens (tertiary/aromatic N) is 6. The van der Waals surface area contributed by atoms with Gasteiger partial charge in [0.25, 0.3) is 11.8 Å². The van der Waals surface area contributed by atoms with Crippen molar-refractivity contribution in [3.63, 3.8) is 0 Å². The van der Waals surface area contributed by atoms with E-state index in [0.717, 1.165) is 37.0 Å². The molecule has 2 aromatic rings. The number of likely N-dealkylation sites (N-methyl/N-ethyl adjacent to an activating group) is 1. The summed E-state index contributed by atoms with van der Waals surface area (Å²) in [5.74, 6) is -4.43. The van der Waals surface area contributed by atoms with Crippen LogP contribution in [0.5, 0.6) is 5.75 Å². The minimum absolute atomic E-state index is 0.0577. The third-order valence-corrected chi connectivity index (χ3v) is 8.65. The van der Waals surface area contributed by atoms with Crippen LogP contribution in [0.1, 0.15) is 55.3 Å². The van der Waals surface area contributed by atoms with Crippen LogP contribution < -0.4 is 30.2 Å². The average Bonchev–Trinajstić information content (AvgIpc) is 3.10. The summed E-state index contributed by atoms with van der Waals surface area (Å²) in [6, 6.07) is 4.66. The number of piperidine rings is 1. The third-order valence-electron chi connectivity index (χ3n) is 8.65. The smallest absolute Gasteiger partial charge is 0.493 e. The molecule has 1 aliphatic carbocycles. The van der Waals surface area contributed by atoms with Gasteiger partial charge in [0.2, 0.25) is 11.7 Å². The number of methoxy groups -OCH3 is 1. The van der Waals surface area contributed by atoms with Crippen LogP contribution in [0.15, 0.2) is 18.2 Å². The second-order valence-electron chi connectivity index (χ2n) is 12.2. The number of anilines is 4. The zero-order valence-corrected chi connectivity index (χ0v) is 26.2. The Morgan fingerprint density at radius 2 is 1.87 bits per heavy atom. The molecule has 0 atom stereocenters. The third kappa shape index (κ3) is 7.19. The van der Waals surface area contributed by atoms with Gasteiger partial charge in [-0.3, -0.25) is 19.3 Å². The molecule has 3 aliphatic rings. The first-order valence-corrected chi connectivity index (χ1v) is 15.4. The van der Waals surface area contributed by atoms with Crippen molar-refractivity contribution in [3.05, 3.63) is 30.0 Å². The van der Waals surface area contributed by atoms with E-state index in [2.05, 4.69) is 26.8 Å². The average molecular weight is 628 g/mol. The number of benzene rings is 1. The summed E-state index contributed by atoms with van der Waals surface area (Å²) >= 11 is 0. The van der Waals surface area contributed by atoms with Crippen molar-refractivity contribution < 1.29 is 32.9 Å². The fourth-order valence-corrected chi connectivity index (χ4v) is 6.18. The normalized spacial score (nSPS) is 19.1. The maximum absolute atomic E-state index is 15.0. The Bertz CT molecular complexity index is 1410. The van der Waals surface area contributed by atoms with E-state index in [1.165, 1.54) is 19.1 Å². The molecule has 0 unspecified atom stereocenters. The lowest BCUT2D eigenvalue weighted by atomic mass is 9.94. The predicted octanol–water partition coefficient (Wildman–Crippen LogP) is 2.27. The standard InChI is InChI=1S/C31H40F2N8O4/c1-38(2)18-26(42)40-14-12-21(13-15-40)35-28(43)20-10-11-23(25(16-20)45-4)36-30-34-17-24-27(37-30)41(22-8-6-5-7-9-22)19-31(32,33)29(44)39(24)3/h10-11,16,21-22H,5-9,12-15,18-19H2,1-4H3,(H,35,43)/p+1. The molecule has 1 saturated carbocycles. The van der Waals surface area contributed by atoms with Crippen molar-refractivity contribution in [2.75, 3.05) is 69.5 Å². The molecule has 12 nitrogen and oxygen atoms in total. The predicted molar refractivity (Wildman–Crippen MR) is 163 cm³/mol. The number of ether oxygens (including phenoxy) is 1. The number of aromatic nitrogens is 2. The zero-order valence-electron chi connectivity index (χ0n) is 26.2.